The molecule has 6 nitrogen and oxygen atoms in total. The Morgan fingerprint density at radius 3 is 2.91 bits per heavy atom. The lowest BCUT2D eigenvalue weighted by molar-refractivity contribution is 0.0593. The third-order valence-electron chi connectivity index (χ3n) is 4.22. The van der Waals surface area contributed by atoms with E-state index in [1.807, 2.05) is 19.1 Å². The quantitative estimate of drug-likeness (QED) is 0.809. The third-order valence-corrected chi connectivity index (χ3v) is 4.22. The van der Waals surface area contributed by atoms with Gasteiger partial charge in [-0.15, -0.1) is 0 Å². The number of aromatic nitrogens is 3. The SMILES string of the molecule is COC(=O)c1cccc(CN2CC[C@@H](n3nc(C)cc3C)C2)n1. The minimum absolute atomic E-state index is 0.360. The summed E-state index contributed by atoms with van der Waals surface area (Å²) >= 11 is 0. The molecule has 1 aliphatic heterocycles. The lowest BCUT2D eigenvalue weighted by Crippen LogP contribution is -2.23. The Morgan fingerprint density at radius 1 is 1.39 bits per heavy atom. The highest BCUT2D eigenvalue weighted by molar-refractivity contribution is 5.87. The van der Waals surface area contributed by atoms with Gasteiger partial charge in [-0.05, 0) is 38.5 Å². The van der Waals surface area contributed by atoms with Crippen LogP contribution in [0, 0.1) is 13.8 Å². The molecule has 3 rings (SSSR count). The van der Waals surface area contributed by atoms with Crippen LogP contribution >= 0.6 is 0 Å². The highest BCUT2D eigenvalue weighted by Gasteiger charge is 2.25. The van der Waals surface area contributed by atoms with Crippen molar-refractivity contribution in [3.05, 3.63) is 47.0 Å². The molecule has 0 amide bonds. The van der Waals surface area contributed by atoms with Crippen LogP contribution in [-0.4, -0.2) is 45.8 Å². The number of likely N-dealkylation sites (tertiary alicyclic amines) is 1. The van der Waals surface area contributed by atoms with Crippen LogP contribution in [0.2, 0.25) is 0 Å². The minimum Gasteiger partial charge on any atom is -0.464 e. The number of rotatable bonds is 4. The zero-order chi connectivity index (χ0) is 16.4. The average molecular weight is 314 g/mol. The van der Waals surface area contributed by atoms with Crippen LogP contribution in [0.4, 0.5) is 0 Å². The number of carbonyl (C=O) groups is 1. The first-order chi connectivity index (χ1) is 11.1. The fraction of sp³-hybridized carbons (Fsp3) is 0.471. The number of nitrogens with zero attached hydrogens (tertiary/aromatic N) is 4. The molecule has 6 heteroatoms. The van der Waals surface area contributed by atoms with Crippen LogP contribution in [-0.2, 0) is 11.3 Å². The third kappa shape index (κ3) is 3.42. The number of carbonyl (C=O) groups excluding carboxylic acids is 1. The Labute approximate surface area is 136 Å². The van der Waals surface area contributed by atoms with Crippen molar-refractivity contribution in [2.24, 2.45) is 0 Å². The topological polar surface area (TPSA) is 60.2 Å². The van der Waals surface area contributed by atoms with Crippen molar-refractivity contribution in [3.8, 4) is 0 Å². The fourth-order valence-electron chi connectivity index (χ4n) is 3.19. The summed E-state index contributed by atoms with van der Waals surface area (Å²) < 4.78 is 6.86. The molecule has 0 radical (unpaired) electrons. The first-order valence-electron chi connectivity index (χ1n) is 7.86. The summed E-state index contributed by atoms with van der Waals surface area (Å²) in [6.07, 6.45) is 1.08. The van der Waals surface area contributed by atoms with E-state index >= 15 is 0 Å². The maximum atomic E-state index is 11.6. The molecule has 0 spiro atoms. The molecule has 0 bridgehead atoms. The van der Waals surface area contributed by atoms with E-state index in [9.17, 15) is 4.79 Å². The first kappa shape index (κ1) is 15.7. The van der Waals surface area contributed by atoms with Crippen molar-refractivity contribution in [2.45, 2.75) is 32.9 Å². The second-order valence-electron chi connectivity index (χ2n) is 6.06. The standard InChI is InChI=1S/C17H22N4O2/c1-12-9-13(2)21(19-12)15-7-8-20(11-15)10-14-5-4-6-16(18-14)17(22)23-3/h4-6,9,15H,7-8,10-11H2,1-3H3/t15-/m1/s1. The lowest BCUT2D eigenvalue weighted by atomic mass is 10.2. The van der Waals surface area contributed by atoms with Gasteiger partial charge in [0, 0.05) is 25.3 Å². The maximum Gasteiger partial charge on any atom is 0.356 e. The largest absolute Gasteiger partial charge is 0.464 e. The molecule has 1 atom stereocenters. The summed E-state index contributed by atoms with van der Waals surface area (Å²) in [7, 11) is 1.37. The molecule has 0 unspecified atom stereocenters. The summed E-state index contributed by atoms with van der Waals surface area (Å²) in [6.45, 7) is 6.82. The van der Waals surface area contributed by atoms with Crippen molar-refractivity contribution < 1.29 is 9.53 Å². The van der Waals surface area contributed by atoms with Gasteiger partial charge in [0.2, 0.25) is 0 Å². The molecule has 0 aliphatic carbocycles. The smallest absolute Gasteiger partial charge is 0.356 e. The summed E-state index contributed by atoms with van der Waals surface area (Å²) in [5.41, 5.74) is 3.52. The molecule has 2 aromatic heterocycles. The molecular formula is C17H22N4O2. The van der Waals surface area contributed by atoms with Crippen molar-refractivity contribution >= 4 is 5.97 Å². The molecule has 0 saturated carbocycles. The van der Waals surface area contributed by atoms with Crippen LogP contribution in [0.1, 0.15) is 40.0 Å². The Hall–Kier alpha value is -2.21. The van der Waals surface area contributed by atoms with Crippen molar-refractivity contribution in [3.63, 3.8) is 0 Å². The molecule has 1 aliphatic rings. The van der Waals surface area contributed by atoms with Gasteiger partial charge in [0.25, 0.3) is 0 Å². The van der Waals surface area contributed by atoms with Gasteiger partial charge in [0.1, 0.15) is 5.69 Å². The van der Waals surface area contributed by atoms with Gasteiger partial charge in [0.15, 0.2) is 0 Å². The second-order valence-corrected chi connectivity index (χ2v) is 6.06. The average Bonchev–Trinajstić information content (AvgIpc) is 3.12. The fourth-order valence-corrected chi connectivity index (χ4v) is 3.19. The second kappa shape index (κ2) is 6.50. The zero-order valence-corrected chi connectivity index (χ0v) is 13.8. The van der Waals surface area contributed by atoms with Gasteiger partial charge < -0.3 is 4.74 Å². The predicted molar refractivity (Wildman–Crippen MR) is 86.2 cm³/mol. The zero-order valence-electron chi connectivity index (χ0n) is 13.8. The molecule has 3 heterocycles. The predicted octanol–water partition coefficient (Wildman–Crippen LogP) is 2.13. The molecule has 1 saturated heterocycles. The minimum atomic E-state index is -0.395. The first-order valence-corrected chi connectivity index (χ1v) is 7.86. The van der Waals surface area contributed by atoms with Crippen LogP contribution in [0.15, 0.2) is 24.3 Å². The van der Waals surface area contributed by atoms with E-state index in [0.29, 0.717) is 11.7 Å². The summed E-state index contributed by atoms with van der Waals surface area (Å²) in [5.74, 6) is -0.395. The van der Waals surface area contributed by atoms with Gasteiger partial charge >= 0.3 is 5.97 Å². The van der Waals surface area contributed by atoms with Crippen LogP contribution in [0.3, 0.4) is 0 Å². The summed E-state index contributed by atoms with van der Waals surface area (Å²) in [5, 5.41) is 4.60. The highest BCUT2D eigenvalue weighted by Crippen LogP contribution is 2.24. The maximum absolute atomic E-state index is 11.6. The number of aryl methyl sites for hydroxylation is 2. The normalized spacial score (nSPS) is 18.3. The van der Waals surface area contributed by atoms with Crippen molar-refractivity contribution in [2.75, 3.05) is 20.2 Å². The Bertz CT molecular complexity index is 710. The number of hydrogen-bond acceptors (Lipinski definition) is 5. The van der Waals surface area contributed by atoms with Crippen LogP contribution < -0.4 is 0 Å². The van der Waals surface area contributed by atoms with Gasteiger partial charge in [-0.25, -0.2) is 9.78 Å². The van der Waals surface area contributed by atoms with Crippen LogP contribution in [0.25, 0.3) is 0 Å². The van der Waals surface area contributed by atoms with Crippen LogP contribution in [0.5, 0.6) is 0 Å². The Morgan fingerprint density at radius 2 is 2.22 bits per heavy atom. The van der Waals surface area contributed by atoms with E-state index < -0.39 is 5.97 Å². The Kier molecular flexibility index (Phi) is 4.43. The molecular weight excluding hydrogens is 292 g/mol. The number of hydrogen-bond donors (Lipinski definition) is 0. The molecule has 1 fully saturated rings. The van der Waals surface area contributed by atoms with E-state index in [1.165, 1.54) is 12.8 Å². The summed E-state index contributed by atoms with van der Waals surface area (Å²) in [6, 6.07) is 8.00. The van der Waals surface area contributed by atoms with E-state index in [1.54, 1.807) is 6.07 Å². The summed E-state index contributed by atoms with van der Waals surface area (Å²) in [4.78, 5) is 18.3. The molecule has 122 valence electrons. The molecule has 0 aromatic carbocycles. The van der Waals surface area contributed by atoms with E-state index in [2.05, 4.69) is 32.7 Å². The van der Waals surface area contributed by atoms with Gasteiger partial charge in [0.05, 0.1) is 24.5 Å². The number of esters is 1. The van der Waals surface area contributed by atoms with E-state index in [0.717, 1.165) is 37.4 Å². The van der Waals surface area contributed by atoms with Crippen molar-refractivity contribution in [1.82, 2.24) is 19.7 Å². The number of ether oxygens (including phenoxy) is 1. The highest BCUT2D eigenvalue weighted by atomic mass is 16.5. The molecule has 0 N–H and O–H groups in total. The van der Waals surface area contributed by atoms with Crippen molar-refractivity contribution in [1.29, 1.82) is 0 Å². The molecule has 2 aromatic rings. The number of methoxy groups -OCH3 is 1. The number of pyridine rings is 1. The van der Waals surface area contributed by atoms with Gasteiger partial charge in [-0.3, -0.25) is 9.58 Å². The molecule has 23 heavy (non-hydrogen) atoms. The Balaban J connectivity index is 1.66. The van der Waals surface area contributed by atoms with E-state index in [-0.39, 0.29) is 0 Å². The lowest BCUT2D eigenvalue weighted by Gasteiger charge is -2.17. The van der Waals surface area contributed by atoms with E-state index in [4.69, 9.17) is 4.74 Å². The van der Waals surface area contributed by atoms with Gasteiger partial charge in [-0.1, -0.05) is 6.07 Å². The monoisotopic (exact) mass is 314 g/mol. The van der Waals surface area contributed by atoms with Gasteiger partial charge in [-0.2, -0.15) is 5.10 Å².